The summed E-state index contributed by atoms with van der Waals surface area (Å²) in [4.78, 5) is 48.6. The van der Waals surface area contributed by atoms with Crippen LogP contribution in [0, 0.1) is 0 Å². The third-order valence-electron chi connectivity index (χ3n) is 5.39. The average molecular weight is 453 g/mol. The van der Waals surface area contributed by atoms with Crippen molar-refractivity contribution in [1.29, 1.82) is 0 Å². The molecule has 2 amide bonds. The summed E-state index contributed by atoms with van der Waals surface area (Å²) >= 11 is 0. The molecule has 1 heterocycles. The van der Waals surface area contributed by atoms with Gasteiger partial charge in [-0.2, -0.15) is 0 Å². The molecule has 174 valence electrons. The third kappa shape index (κ3) is 6.09. The van der Waals surface area contributed by atoms with Crippen LogP contribution in [0.4, 0.5) is 5.69 Å². The third-order valence-corrected chi connectivity index (χ3v) is 5.39. The Hall–Kier alpha value is -3.88. The molecule has 1 aliphatic heterocycles. The fraction of sp³-hybridized carbons (Fsp3) is 0.333. The van der Waals surface area contributed by atoms with Crippen molar-refractivity contribution in [1.82, 2.24) is 10.6 Å². The molecule has 9 nitrogen and oxygen atoms in total. The summed E-state index contributed by atoms with van der Waals surface area (Å²) in [6.45, 7) is 1.14. The molecular formula is C24H27N3O6. The molecule has 1 atom stereocenters. The second kappa shape index (κ2) is 11.1. The standard InChI is InChI=1S/C24H27N3O6/c1-32-23(30)16-7-5-15(6-8-16)21(28)26-12-3-4-20(24(31)33-2)27-22(29)18-9-10-19-17(14-18)11-13-25-19/h5-10,14,20,25H,3-4,11-13H2,1-2H3,(H,26,28)(H,27,29)/t20-/m0/s1. The highest BCUT2D eigenvalue weighted by Crippen LogP contribution is 2.23. The SMILES string of the molecule is COC(=O)c1ccc(C(=O)NCCC[C@H](NC(=O)c2ccc3c(c2)CCN3)C(=O)OC)cc1. The summed E-state index contributed by atoms with van der Waals surface area (Å²) in [6, 6.07) is 10.7. The summed E-state index contributed by atoms with van der Waals surface area (Å²) in [5, 5.41) is 8.73. The van der Waals surface area contributed by atoms with Crippen molar-refractivity contribution in [3.05, 3.63) is 64.7 Å². The zero-order valence-corrected chi connectivity index (χ0v) is 18.6. The van der Waals surface area contributed by atoms with Gasteiger partial charge in [-0.05, 0) is 67.3 Å². The van der Waals surface area contributed by atoms with Crippen LogP contribution in [0.5, 0.6) is 0 Å². The number of anilines is 1. The van der Waals surface area contributed by atoms with E-state index in [1.54, 1.807) is 6.07 Å². The first-order valence-corrected chi connectivity index (χ1v) is 10.6. The zero-order chi connectivity index (χ0) is 23.8. The lowest BCUT2D eigenvalue weighted by Gasteiger charge is -2.17. The molecular weight excluding hydrogens is 426 g/mol. The Kier molecular flexibility index (Phi) is 8.01. The van der Waals surface area contributed by atoms with Gasteiger partial charge in [0.05, 0.1) is 19.8 Å². The molecule has 0 aromatic heterocycles. The van der Waals surface area contributed by atoms with E-state index in [0.717, 1.165) is 24.2 Å². The van der Waals surface area contributed by atoms with Crippen LogP contribution in [-0.2, 0) is 20.7 Å². The van der Waals surface area contributed by atoms with E-state index in [2.05, 4.69) is 20.7 Å². The van der Waals surface area contributed by atoms with E-state index < -0.39 is 18.0 Å². The maximum Gasteiger partial charge on any atom is 0.337 e. The van der Waals surface area contributed by atoms with Crippen LogP contribution in [0.1, 0.15) is 49.5 Å². The highest BCUT2D eigenvalue weighted by Gasteiger charge is 2.23. The number of hydrogen-bond acceptors (Lipinski definition) is 7. The van der Waals surface area contributed by atoms with E-state index in [0.29, 0.717) is 36.1 Å². The molecule has 3 N–H and O–H groups in total. The van der Waals surface area contributed by atoms with Gasteiger partial charge >= 0.3 is 11.9 Å². The minimum atomic E-state index is -0.829. The molecule has 0 unspecified atom stereocenters. The van der Waals surface area contributed by atoms with Crippen LogP contribution in [0.25, 0.3) is 0 Å². The number of rotatable bonds is 9. The molecule has 0 bridgehead atoms. The second-order valence-corrected chi connectivity index (χ2v) is 7.56. The van der Waals surface area contributed by atoms with E-state index in [9.17, 15) is 19.2 Å². The van der Waals surface area contributed by atoms with Crippen molar-refractivity contribution in [2.75, 3.05) is 32.6 Å². The Labute approximate surface area is 191 Å². The number of esters is 2. The average Bonchev–Trinajstić information content (AvgIpc) is 3.32. The van der Waals surface area contributed by atoms with Gasteiger partial charge in [-0.1, -0.05) is 0 Å². The Bertz CT molecular complexity index is 1030. The number of benzene rings is 2. The highest BCUT2D eigenvalue weighted by molar-refractivity contribution is 5.97. The van der Waals surface area contributed by atoms with Crippen LogP contribution in [0.15, 0.2) is 42.5 Å². The molecule has 0 saturated heterocycles. The number of fused-ring (bicyclic) bond motifs is 1. The monoisotopic (exact) mass is 453 g/mol. The van der Waals surface area contributed by atoms with Gasteiger partial charge in [0.25, 0.3) is 11.8 Å². The number of hydrogen-bond donors (Lipinski definition) is 3. The first kappa shape index (κ1) is 23.8. The molecule has 9 heteroatoms. The largest absolute Gasteiger partial charge is 0.467 e. The quantitative estimate of drug-likeness (QED) is 0.392. The normalized spacial score (nSPS) is 12.7. The van der Waals surface area contributed by atoms with E-state index in [1.165, 1.54) is 38.5 Å². The smallest absolute Gasteiger partial charge is 0.337 e. The second-order valence-electron chi connectivity index (χ2n) is 7.56. The number of carbonyl (C=O) groups is 4. The topological polar surface area (TPSA) is 123 Å². The van der Waals surface area contributed by atoms with Crippen molar-refractivity contribution in [2.24, 2.45) is 0 Å². The summed E-state index contributed by atoms with van der Waals surface area (Å²) in [5.41, 5.74) is 3.32. The number of nitrogens with one attached hydrogen (secondary N) is 3. The van der Waals surface area contributed by atoms with Gasteiger partial charge in [-0.15, -0.1) is 0 Å². The molecule has 0 saturated carbocycles. The number of ether oxygens (including phenoxy) is 2. The Morgan fingerprint density at radius 3 is 2.33 bits per heavy atom. The van der Waals surface area contributed by atoms with Crippen molar-refractivity contribution >= 4 is 29.4 Å². The number of carbonyl (C=O) groups excluding carboxylic acids is 4. The van der Waals surface area contributed by atoms with Gasteiger partial charge in [0, 0.05) is 29.9 Å². The molecule has 2 aromatic rings. The fourth-order valence-corrected chi connectivity index (χ4v) is 3.56. The molecule has 33 heavy (non-hydrogen) atoms. The number of amides is 2. The maximum atomic E-state index is 12.7. The molecule has 0 radical (unpaired) electrons. The lowest BCUT2D eigenvalue weighted by Crippen LogP contribution is -2.42. The lowest BCUT2D eigenvalue weighted by atomic mass is 10.1. The van der Waals surface area contributed by atoms with E-state index in [4.69, 9.17) is 4.74 Å². The van der Waals surface area contributed by atoms with E-state index in [-0.39, 0.29) is 11.8 Å². The lowest BCUT2D eigenvalue weighted by molar-refractivity contribution is -0.143. The van der Waals surface area contributed by atoms with Gasteiger partial charge in [0.15, 0.2) is 0 Å². The predicted molar refractivity (Wildman–Crippen MR) is 121 cm³/mol. The van der Waals surface area contributed by atoms with Crippen LogP contribution >= 0.6 is 0 Å². The molecule has 1 aliphatic rings. The molecule has 0 spiro atoms. The van der Waals surface area contributed by atoms with Crippen LogP contribution in [0.3, 0.4) is 0 Å². The minimum Gasteiger partial charge on any atom is -0.467 e. The number of methoxy groups -OCH3 is 2. The summed E-state index contributed by atoms with van der Waals surface area (Å²) in [5.74, 6) is -1.68. The van der Waals surface area contributed by atoms with Crippen molar-refractivity contribution in [2.45, 2.75) is 25.3 Å². The Morgan fingerprint density at radius 1 is 0.939 bits per heavy atom. The highest BCUT2D eigenvalue weighted by atomic mass is 16.5. The van der Waals surface area contributed by atoms with Gasteiger partial charge in [0.2, 0.25) is 0 Å². The minimum absolute atomic E-state index is 0.297. The van der Waals surface area contributed by atoms with Gasteiger partial charge in [-0.3, -0.25) is 9.59 Å². The molecule has 0 fully saturated rings. The van der Waals surface area contributed by atoms with Gasteiger partial charge < -0.3 is 25.4 Å². The first-order valence-electron chi connectivity index (χ1n) is 10.6. The van der Waals surface area contributed by atoms with Crippen LogP contribution < -0.4 is 16.0 Å². The molecule has 2 aromatic carbocycles. The van der Waals surface area contributed by atoms with E-state index >= 15 is 0 Å². The first-order chi connectivity index (χ1) is 15.9. The zero-order valence-electron chi connectivity index (χ0n) is 18.6. The van der Waals surface area contributed by atoms with Crippen molar-refractivity contribution in [3.63, 3.8) is 0 Å². The molecule has 3 rings (SSSR count). The predicted octanol–water partition coefficient (Wildman–Crippen LogP) is 1.92. The van der Waals surface area contributed by atoms with E-state index in [1.807, 2.05) is 12.1 Å². The summed E-state index contributed by atoms with van der Waals surface area (Å²) in [7, 11) is 2.55. The van der Waals surface area contributed by atoms with Crippen molar-refractivity contribution < 1.29 is 28.7 Å². The summed E-state index contributed by atoms with van der Waals surface area (Å²) < 4.78 is 9.45. The summed E-state index contributed by atoms with van der Waals surface area (Å²) in [6.07, 6.45) is 1.59. The van der Waals surface area contributed by atoms with Gasteiger partial charge in [0.1, 0.15) is 6.04 Å². The van der Waals surface area contributed by atoms with Gasteiger partial charge in [-0.25, -0.2) is 9.59 Å². The Morgan fingerprint density at radius 2 is 1.64 bits per heavy atom. The Balaban J connectivity index is 1.50. The van der Waals surface area contributed by atoms with Crippen molar-refractivity contribution in [3.8, 4) is 0 Å². The van der Waals surface area contributed by atoms with Crippen LogP contribution in [-0.4, -0.2) is 57.1 Å². The fourth-order valence-electron chi connectivity index (χ4n) is 3.56. The van der Waals surface area contributed by atoms with Crippen LogP contribution in [0.2, 0.25) is 0 Å². The molecule has 0 aliphatic carbocycles. The maximum absolute atomic E-state index is 12.7.